The van der Waals surface area contributed by atoms with Gasteiger partial charge in [0.1, 0.15) is 5.76 Å². The first-order valence-corrected chi connectivity index (χ1v) is 10.5. The average Bonchev–Trinajstić information content (AvgIpc) is 3.56. The van der Waals surface area contributed by atoms with Crippen molar-refractivity contribution in [3.63, 3.8) is 0 Å². The van der Waals surface area contributed by atoms with E-state index < -0.39 is 0 Å². The molecule has 154 valence electrons. The summed E-state index contributed by atoms with van der Waals surface area (Å²) in [5.74, 6) is 2.82. The lowest BCUT2D eigenvalue weighted by Crippen LogP contribution is -2.42. The summed E-state index contributed by atoms with van der Waals surface area (Å²) in [6, 6.07) is 0.841. The number of guanidine groups is 1. The maximum atomic E-state index is 5.45. The number of hydrogen-bond acceptors (Lipinski definition) is 4. The topological polar surface area (TPSA) is 65.7 Å². The molecule has 0 atom stereocenters. The Morgan fingerprint density at radius 2 is 1.93 bits per heavy atom. The number of aliphatic imine (C=N–C) groups is 1. The zero-order valence-corrected chi connectivity index (χ0v) is 19.4. The molecule has 2 saturated carbocycles. The Morgan fingerprint density at radius 3 is 2.52 bits per heavy atom. The number of rotatable bonds is 11. The van der Waals surface area contributed by atoms with Crippen LogP contribution in [0.3, 0.4) is 0 Å². The van der Waals surface area contributed by atoms with E-state index in [1.54, 1.807) is 0 Å². The number of aryl methyl sites for hydroxylation is 2. The van der Waals surface area contributed by atoms with Crippen LogP contribution in [0, 0.1) is 5.92 Å². The van der Waals surface area contributed by atoms with E-state index in [9.17, 15) is 0 Å². The molecule has 0 saturated heterocycles. The summed E-state index contributed by atoms with van der Waals surface area (Å²) >= 11 is 0. The number of nitrogens with one attached hydrogen (secondary N) is 2. The van der Waals surface area contributed by atoms with Crippen LogP contribution in [0.1, 0.15) is 63.5 Å². The minimum atomic E-state index is 0. The lowest BCUT2D eigenvalue weighted by Gasteiger charge is -2.22. The molecule has 6 nitrogen and oxygen atoms in total. The van der Waals surface area contributed by atoms with Gasteiger partial charge in [0.25, 0.3) is 0 Å². The van der Waals surface area contributed by atoms with E-state index in [0.29, 0.717) is 6.54 Å². The van der Waals surface area contributed by atoms with E-state index in [1.807, 2.05) is 0 Å². The first-order chi connectivity index (χ1) is 12.7. The van der Waals surface area contributed by atoms with Gasteiger partial charge in [-0.25, -0.2) is 4.99 Å². The van der Waals surface area contributed by atoms with Gasteiger partial charge in [0, 0.05) is 44.2 Å². The van der Waals surface area contributed by atoms with Crippen molar-refractivity contribution < 1.29 is 4.52 Å². The molecule has 7 heteroatoms. The van der Waals surface area contributed by atoms with Crippen LogP contribution in [-0.2, 0) is 19.4 Å². The lowest BCUT2D eigenvalue weighted by atomic mass is 10.1. The van der Waals surface area contributed by atoms with Crippen LogP contribution < -0.4 is 10.6 Å². The maximum Gasteiger partial charge on any atom is 0.191 e. The van der Waals surface area contributed by atoms with E-state index >= 15 is 0 Å². The highest BCUT2D eigenvalue weighted by Gasteiger charge is 2.33. The van der Waals surface area contributed by atoms with E-state index in [0.717, 1.165) is 67.4 Å². The van der Waals surface area contributed by atoms with Gasteiger partial charge in [-0.3, -0.25) is 4.90 Å². The minimum Gasteiger partial charge on any atom is -0.361 e. The molecular formula is C20H36IN5O. The second-order valence-corrected chi connectivity index (χ2v) is 7.53. The quantitative estimate of drug-likeness (QED) is 0.284. The van der Waals surface area contributed by atoms with Crippen LogP contribution in [0.15, 0.2) is 9.52 Å². The number of aromatic nitrogens is 1. The number of nitrogens with zero attached hydrogens (tertiary/aromatic N) is 3. The van der Waals surface area contributed by atoms with Crippen LogP contribution >= 0.6 is 24.0 Å². The van der Waals surface area contributed by atoms with Crippen molar-refractivity contribution in [3.8, 4) is 0 Å². The Morgan fingerprint density at radius 1 is 1.15 bits per heavy atom. The highest BCUT2D eigenvalue weighted by Crippen LogP contribution is 2.34. The van der Waals surface area contributed by atoms with Crippen molar-refractivity contribution in [2.45, 2.75) is 71.9 Å². The van der Waals surface area contributed by atoms with Gasteiger partial charge >= 0.3 is 0 Å². The van der Waals surface area contributed by atoms with E-state index in [4.69, 9.17) is 9.52 Å². The predicted molar refractivity (Wildman–Crippen MR) is 121 cm³/mol. The van der Waals surface area contributed by atoms with Gasteiger partial charge in [0.2, 0.25) is 0 Å². The summed E-state index contributed by atoms with van der Waals surface area (Å²) in [5, 5.41) is 11.1. The molecule has 0 spiro atoms. The average molecular weight is 489 g/mol. The second-order valence-electron chi connectivity index (χ2n) is 7.53. The van der Waals surface area contributed by atoms with E-state index in [1.165, 1.54) is 32.2 Å². The molecule has 0 radical (unpaired) electrons. The first kappa shape index (κ1) is 22.5. The Kier molecular flexibility index (Phi) is 9.35. The Balaban J connectivity index is 0.00000261. The number of hydrogen-bond donors (Lipinski definition) is 2. The fourth-order valence-electron chi connectivity index (χ4n) is 3.43. The van der Waals surface area contributed by atoms with Crippen molar-refractivity contribution in [2.75, 3.05) is 26.2 Å². The summed E-state index contributed by atoms with van der Waals surface area (Å²) in [6.07, 6.45) is 7.37. The fraction of sp³-hybridized carbons (Fsp3) is 0.800. The van der Waals surface area contributed by atoms with E-state index in [2.05, 4.69) is 41.5 Å². The molecule has 0 aromatic carbocycles. The third kappa shape index (κ3) is 6.93. The third-order valence-corrected chi connectivity index (χ3v) is 5.29. The first-order valence-electron chi connectivity index (χ1n) is 10.5. The molecule has 2 N–H and O–H groups in total. The molecule has 2 aliphatic rings. The molecule has 2 fully saturated rings. The van der Waals surface area contributed by atoms with Gasteiger partial charge in [0.05, 0.1) is 12.2 Å². The van der Waals surface area contributed by atoms with Crippen LogP contribution in [-0.4, -0.2) is 48.2 Å². The molecule has 3 rings (SSSR count). The summed E-state index contributed by atoms with van der Waals surface area (Å²) in [5.41, 5.74) is 2.19. The lowest BCUT2D eigenvalue weighted by molar-refractivity contribution is 0.256. The van der Waals surface area contributed by atoms with Crippen LogP contribution in [0.25, 0.3) is 0 Å². The Hall–Kier alpha value is -0.830. The summed E-state index contributed by atoms with van der Waals surface area (Å²) in [7, 11) is 0. The van der Waals surface area contributed by atoms with Crippen molar-refractivity contribution in [1.29, 1.82) is 0 Å². The minimum absolute atomic E-state index is 0. The fourth-order valence-corrected chi connectivity index (χ4v) is 3.43. The highest BCUT2D eigenvalue weighted by molar-refractivity contribution is 14.0. The zero-order chi connectivity index (χ0) is 18.4. The standard InChI is InChI=1S/C20H35N5O.HI/c1-4-18-17(19(5-2)26-24-18)13-23-20(21-6-3)22-11-12-25(16-9-10-16)14-15-7-8-15;/h15-16H,4-14H2,1-3H3,(H2,21,22,23);1H. The van der Waals surface area contributed by atoms with Gasteiger partial charge in [-0.15, -0.1) is 24.0 Å². The monoisotopic (exact) mass is 489 g/mol. The van der Waals surface area contributed by atoms with Crippen LogP contribution in [0.2, 0.25) is 0 Å². The smallest absolute Gasteiger partial charge is 0.191 e. The summed E-state index contributed by atoms with van der Waals surface area (Å²) in [4.78, 5) is 7.46. The maximum absolute atomic E-state index is 5.45. The van der Waals surface area contributed by atoms with Crippen molar-refractivity contribution in [3.05, 3.63) is 17.0 Å². The zero-order valence-electron chi connectivity index (χ0n) is 17.1. The summed E-state index contributed by atoms with van der Waals surface area (Å²) < 4.78 is 5.45. The molecule has 1 heterocycles. The van der Waals surface area contributed by atoms with E-state index in [-0.39, 0.29) is 24.0 Å². The van der Waals surface area contributed by atoms with Crippen LogP contribution in [0.5, 0.6) is 0 Å². The molecule has 0 amide bonds. The molecule has 1 aromatic rings. The molecule has 0 bridgehead atoms. The van der Waals surface area contributed by atoms with Gasteiger partial charge in [-0.05, 0) is 44.9 Å². The second kappa shape index (κ2) is 11.2. The van der Waals surface area contributed by atoms with Crippen molar-refractivity contribution >= 4 is 29.9 Å². The van der Waals surface area contributed by atoms with Gasteiger partial charge < -0.3 is 15.2 Å². The third-order valence-electron chi connectivity index (χ3n) is 5.29. The Bertz CT molecular complexity index is 574. The van der Waals surface area contributed by atoms with Gasteiger partial charge in [-0.2, -0.15) is 0 Å². The normalized spacial score (nSPS) is 17.1. The van der Waals surface area contributed by atoms with Gasteiger partial charge in [0.15, 0.2) is 5.96 Å². The molecule has 0 unspecified atom stereocenters. The largest absolute Gasteiger partial charge is 0.361 e. The molecule has 27 heavy (non-hydrogen) atoms. The SMILES string of the molecule is CCNC(=NCc1c(CC)noc1CC)NCCN(CC1CC1)C1CC1.I. The number of halogens is 1. The molecule has 0 aliphatic heterocycles. The Labute approximate surface area is 180 Å². The predicted octanol–water partition coefficient (Wildman–Crippen LogP) is 3.35. The highest BCUT2D eigenvalue weighted by atomic mass is 127. The summed E-state index contributed by atoms with van der Waals surface area (Å²) in [6.45, 7) is 11.2. The molecule has 1 aromatic heterocycles. The molecular weight excluding hydrogens is 453 g/mol. The van der Waals surface area contributed by atoms with Crippen molar-refractivity contribution in [1.82, 2.24) is 20.7 Å². The molecule has 2 aliphatic carbocycles. The van der Waals surface area contributed by atoms with Crippen LogP contribution in [0.4, 0.5) is 0 Å². The van der Waals surface area contributed by atoms with Gasteiger partial charge in [-0.1, -0.05) is 19.0 Å². The van der Waals surface area contributed by atoms with Crippen molar-refractivity contribution in [2.24, 2.45) is 10.9 Å².